The minimum absolute atomic E-state index is 0.784. The Balaban J connectivity index is 2.06. The van der Waals surface area contributed by atoms with Crippen LogP contribution in [0.15, 0.2) is 102 Å². The van der Waals surface area contributed by atoms with E-state index in [-0.39, 0.29) is 0 Å². The molecule has 28 heavy (non-hydrogen) atoms. The second-order valence-corrected chi connectivity index (χ2v) is 6.80. The fourth-order valence-electron chi connectivity index (χ4n) is 3.00. The second-order valence-electron chi connectivity index (χ2n) is 6.80. The zero-order valence-corrected chi connectivity index (χ0v) is 16.3. The average molecular weight is 364 g/mol. The SMILES string of the molecule is C/C(=C\c1ccccc1)C(O)(C#Cc1ccccc1)/C(C)=C/c1ccccc1. The lowest BCUT2D eigenvalue weighted by molar-refractivity contribution is 0.180. The van der Waals surface area contributed by atoms with Crippen molar-refractivity contribution in [2.45, 2.75) is 19.4 Å². The molecule has 0 fully saturated rings. The number of benzene rings is 3. The molecule has 0 saturated carbocycles. The van der Waals surface area contributed by atoms with Gasteiger partial charge in [0.2, 0.25) is 0 Å². The molecular weight excluding hydrogens is 340 g/mol. The number of aliphatic hydroxyl groups is 1. The zero-order valence-electron chi connectivity index (χ0n) is 16.3. The van der Waals surface area contributed by atoms with Crippen LogP contribution in [-0.4, -0.2) is 10.7 Å². The van der Waals surface area contributed by atoms with Crippen molar-refractivity contribution in [3.63, 3.8) is 0 Å². The van der Waals surface area contributed by atoms with Gasteiger partial charge in [-0.15, -0.1) is 0 Å². The van der Waals surface area contributed by atoms with Crippen LogP contribution in [0.5, 0.6) is 0 Å². The van der Waals surface area contributed by atoms with E-state index in [1.807, 2.05) is 117 Å². The second kappa shape index (κ2) is 9.04. The molecule has 0 amide bonds. The molecule has 3 rings (SSSR count). The maximum atomic E-state index is 11.6. The molecule has 1 N–H and O–H groups in total. The van der Waals surface area contributed by atoms with Crippen molar-refractivity contribution in [2.75, 3.05) is 0 Å². The van der Waals surface area contributed by atoms with Crippen molar-refractivity contribution < 1.29 is 5.11 Å². The van der Waals surface area contributed by atoms with E-state index in [0.717, 1.165) is 27.8 Å². The molecule has 1 heteroatoms. The first kappa shape index (κ1) is 19.4. The third kappa shape index (κ3) is 4.88. The molecule has 0 unspecified atom stereocenters. The topological polar surface area (TPSA) is 20.2 Å². The molecule has 0 atom stereocenters. The number of hydrogen-bond donors (Lipinski definition) is 1. The van der Waals surface area contributed by atoms with Crippen LogP contribution in [0.4, 0.5) is 0 Å². The lowest BCUT2D eigenvalue weighted by Crippen LogP contribution is -2.29. The van der Waals surface area contributed by atoms with Crippen LogP contribution in [0.3, 0.4) is 0 Å². The Morgan fingerprint density at radius 1 is 0.679 bits per heavy atom. The normalized spacial score (nSPS) is 14.0. The lowest BCUT2D eigenvalue weighted by atomic mass is 9.85. The van der Waals surface area contributed by atoms with Crippen molar-refractivity contribution >= 4 is 12.2 Å². The Hall–Kier alpha value is -3.34. The molecule has 0 bridgehead atoms. The van der Waals surface area contributed by atoms with E-state index in [9.17, 15) is 5.11 Å². The maximum Gasteiger partial charge on any atom is 0.169 e. The molecule has 0 radical (unpaired) electrons. The van der Waals surface area contributed by atoms with E-state index in [1.54, 1.807) is 0 Å². The summed E-state index contributed by atoms with van der Waals surface area (Å²) in [5.74, 6) is 6.26. The maximum absolute atomic E-state index is 11.6. The third-order valence-electron chi connectivity index (χ3n) is 4.67. The summed E-state index contributed by atoms with van der Waals surface area (Å²) in [5, 5.41) is 11.6. The van der Waals surface area contributed by atoms with Crippen LogP contribution < -0.4 is 0 Å². The van der Waals surface area contributed by atoms with E-state index in [2.05, 4.69) is 11.8 Å². The monoisotopic (exact) mass is 364 g/mol. The van der Waals surface area contributed by atoms with E-state index in [4.69, 9.17) is 0 Å². The minimum atomic E-state index is -1.36. The Morgan fingerprint density at radius 2 is 1.07 bits per heavy atom. The first-order valence-corrected chi connectivity index (χ1v) is 9.36. The summed E-state index contributed by atoms with van der Waals surface area (Å²) < 4.78 is 0. The number of rotatable bonds is 4. The molecule has 3 aromatic rings. The van der Waals surface area contributed by atoms with E-state index >= 15 is 0 Å². The van der Waals surface area contributed by atoms with Crippen molar-refractivity contribution in [3.05, 3.63) is 119 Å². The summed E-state index contributed by atoms with van der Waals surface area (Å²) in [4.78, 5) is 0. The summed E-state index contributed by atoms with van der Waals surface area (Å²) in [6.45, 7) is 3.85. The molecule has 0 aliphatic carbocycles. The van der Waals surface area contributed by atoms with Gasteiger partial charge in [0.25, 0.3) is 0 Å². The van der Waals surface area contributed by atoms with Gasteiger partial charge in [0.15, 0.2) is 5.60 Å². The van der Waals surface area contributed by atoms with Crippen molar-refractivity contribution in [1.82, 2.24) is 0 Å². The highest BCUT2D eigenvalue weighted by Crippen LogP contribution is 2.28. The largest absolute Gasteiger partial charge is 0.370 e. The first-order valence-electron chi connectivity index (χ1n) is 9.36. The summed E-state index contributed by atoms with van der Waals surface area (Å²) in [5.41, 5.74) is 3.15. The molecule has 0 aromatic heterocycles. The Kier molecular flexibility index (Phi) is 6.27. The molecule has 3 aromatic carbocycles. The van der Waals surface area contributed by atoms with Gasteiger partial charge < -0.3 is 5.11 Å². The molecule has 0 spiro atoms. The average Bonchev–Trinajstić information content (AvgIpc) is 2.74. The van der Waals surface area contributed by atoms with Gasteiger partial charge in [-0.2, -0.15) is 0 Å². The fraction of sp³-hybridized carbons (Fsp3) is 0.111. The third-order valence-corrected chi connectivity index (χ3v) is 4.67. The van der Waals surface area contributed by atoms with Gasteiger partial charge in [0.1, 0.15) is 0 Å². The quantitative estimate of drug-likeness (QED) is 0.565. The predicted octanol–water partition coefficient (Wildman–Crippen LogP) is 5.98. The summed E-state index contributed by atoms with van der Waals surface area (Å²) in [6, 6.07) is 29.7. The van der Waals surface area contributed by atoms with Crippen LogP contribution in [0, 0.1) is 11.8 Å². The van der Waals surface area contributed by atoms with Crippen molar-refractivity contribution in [2.24, 2.45) is 0 Å². The highest BCUT2D eigenvalue weighted by atomic mass is 16.3. The van der Waals surface area contributed by atoms with Crippen molar-refractivity contribution in [1.29, 1.82) is 0 Å². The predicted molar refractivity (Wildman–Crippen MR) is 118 cm³/mol. The van der Waals surface area contributed by atoms with Crippen LogP contribution in [0.25, 0.3) is 12.2 Å². The molecular formula is C27H24O. The Bertz CT molecular complexity index is 962. The van der Waals surface area contributed by atoms with E-state index in [1.165, 1.54) is 0 Å². The van der Waals surface area contributed by atoms with Gasteiger partial charge in [-0.3, -0.25) is 0 Å². The minimum Gasteiger partial charge on any atom is -0.370 e. The van der Waals surface area contributed by atoms with E-state index < -0.39 is 5.60 Å². The lowest BCUT2D eigenvalue weighted by Gasteiger charge is -2.25. The fourth-order valence-corrected chi connectivity index (χ4v) is 3.00. The number of hydrogen-bond acceptors (Lipinski definition) is 1. The molecule has 0 aliphatic heterocycles. The van der Waals surface area contributed by atoms with Gasteiger partial charge >= 0.3 is 0 Å². The van der Waals surface area contributed by atoms with Gasteiger partial charge in [-0.1, -0.05) is 103 Å². The van der Waals surface area contributed by atoms with Gasteiger partial charge in [0.05, 0.1) is 0 Å². The highest BCUT2D eigenvalue weighted by molar-refractivity contribution is 5.65. The van der Waals surface area contributed by atoms with Crippen LogP contribution in [0.2, 0.25) is 0 Å². The van der Waals surface area contributed by atoms with Gasteiger partial charge in [-0.25, -0.2) is 0 Å². The Labute approximate surface area is 167 Å². The molecule has 0 saturated heterocycles. The summed E-state index contributed by atoms with van der Waals surface area (Å²) in [6.07, 6.45) is 3.98. The standard InChI is InChI=1S/C27H24O/c1-22(20-25-14-8-4-9-15-25)27(28,19-18-24-12-6-3-7-13-24)23(2)21-26-16-10-5-11-17-26/h3-17,20-21,28H,1-2H3/b22-20+,23-21+. The smallest absolute Gasteiger partial charge is 0.169 e. The van der Waals surface area contributed by atoms with Crippen molar-refractivity contribution in [3.8, 4) is 11.8 Å². The molecule has 1 nitrogen and oxygen atoms in total. The first-order chi connectivity index (χ1) is 13.6. The highest BCUT2D eigenvalue weighted by Gasteiger charge is 2.29. The van der Waals surface area contributed by atoms with Crippen LogP contribution in [0.1, 0.15) is 30.5 Å². The molecule has 0 heterocycles. The summed E-state index contributed by atoms with van der Waals surface area (Å²) in [7, 11) is 0. The van der Waals surface area contributed by atoms with Crippen LogP contribution >= 0.6 is 0 Å². The summed E-state index contributed by atoms with van der Waals surface area (Å²) >= 11 is 0. The van der Waals surface area contributed by atoms with Gasteiger partial charge in [-0.05, 0) is 48.3 Å². The van der Waals surface area contributed by atoms with Gasteiger partial charge in [0, 0.05) is 5.56 Å². The van der Waals surface area contributed by atoms with Crippen LogP contribution in [-0.2, 0) is 0 Å². The zero-order chi connectivity index (χ0) is 19.8. The molecule has 138 valence electrons. The molecule has 0 aliphatic rings. The Morgan fingerprint density at radius 3 is 1.50 bits per heavy atom. The van der Waals surface area contributed by atoms with E-state index in [0.29, 0.717) is 0 Å².